The second-order valence-electron chi connectivity index (χ2n) is 6.98. The fraction of sp³-hybridized carbons (Fsp3) is 0.500. The van der Waals surface area contributed by atoms with Crippen molar-refractivity contribution in [3.63, 3.8) is 0 Å². The summed E-state index contributed by atoms with van der Waals surface area (Å²) in [7, 11) is 3.57. The molecule has 1 saturated heterocycles. The molecule has 2 N–H and O–H groups in total. The van der Waals surface area contributed by atoms with Gasteiger partial charge in [0.2, 0.25) is 0 Å². The van der Waals surface area contributed by atoms with Crippen LogP contribution in [0.3, 0.4) is 0 Å². The fourth-order valence-electron chi connectivity index (χ4n) is 3.54. The minimum atomic E-state index is -0.0630. The van der Waals surface area contributed by atoms with E-state index in [1.165, 1.54) is 0 Å². The number of rotatable bonds is 8. The van der Waals surface area contributed by atoms with Crippen LogP contribution < -0.4 is 10.6 Å². The van der Waals surface area contributed by atoms with Crippen molar-refractivity contribution in [1.29, 1.82) is 0 Å². The first-order valence-corrected chi connectivity index (χ1v) is 9.94. The van der Waals surface area contributed by atoms with E-state index in [4.69, 9.17) is 20.9 Å². The van der Waals surface area contributed by atoms with Crippen molar-refractivity contribution < 1.29 is 14.1 Å². The van der Waals surface area contributed by atoms with Crippen molar-refractivity contribution >= 4 is 23.3 Å². The lowest BCUT2D eigenvalue weighted by Gasteiger charge is -2.32. The molecule has 1 atom stereocenters. The zero-order chi connectivity index (χ0) is 19.9. The van der Waals surface area contributed by atoms with Gasteiger partial charge < -0.3 is 24.8 Å². The van der Waals surface area contributed by atoms with Crippen LogP contribution in [-0.4, -0.2) is 62.9 Å². The Balaban J connectivity index is 1.90. The number of anilines is 1. The number of nitrogens with one attached hydrogen (secondary N) is 2. The highest BCUT2D eigenvalue weighted by atomic mass is 35.5. The molecule has 0 radical (unpaired) electrons. The molecule has 1 aromatic carbocycles. The summed E-state index contributed by atoms with van der Waals surface area (Å²) < 4.78 is 10.7. The molecular weight excluding hydrogens is 380 g/mol. The standard InChI is InChI=1S/C20H27ClN4O3/c1-22-12-14-4-3-10-25(13-14)20(26)17-18(15-5-7-16(21)8-6-15)28-24-19(17)23-9-11-27-2/h5-8,14,22H,3-4,9-13H2,1-2H3,(H,23,24). The van der Waals surface area contributed by atoms with Crippen molar-refractivity contribution in [3.8, 4) is 11.3 Å². The molecule has 1 fully saturated rings. The van der Waals surface area contributed by atoms with Crippen molar-refractivity contribution in [2.75, 3.05) is 52.3 Å². The molecule has 2 aromatic rings. The Hall–Kier alpha value is -2.09. The normalized spacial score (nSPS) is 17.0. The van der Waals surface area contributed by atoms with Gasteiger partial charge in [0, 0.05) is 37.3 Å². The molecule has 8 heteroatoms. The molecule has 0 spiro atoms. The average Bonchev–Trinajstić information content (AvgIpc) is 3.12. The number of halogens is 1. The van der Waals surface area contributed by atoms with E-state index in [2.05, 4.69) is 15.8 Å². The van der Waals surface area contributed by atoms with Gasteiger partial charge in [-0.15, -0.1) is 0 Å². The molecule has 0 aliphatic carbocycles. The Kier molecular flexibility index (Phi) is 7.30. The third-order valence-corrected chi connectivity index (χ3v) is 5.16. The van der Waals surface area contributed by atoms with Gasteiger partial charge in [-0.3, -0.25) is 4.79 Å². The SMILES string of the molecule is CNCC1CCCN(C(=O)c2c(NCCOC)noc2-c2ccc(Cl)cc2)C1. The molecule has 1 unspecified atom stereocenters. The van der Waals surface area contributed by atoms with E-state index in [1.54, 1.807) is 19.2 Å². The molecule has 28 heavy (non-hydrogen) atoms. The number of benzene rings is 1. The first-order chi connectivity index (χ1) is 13.6. The van der Waals surface area contributed by atoms with E-state index in [0.717, 1.165) is 38.0 Å². The van der Waals surface area contributed by atoms with E-state index >= 15 is 0 Å². The molecule has 1 aromatic heterocycles. The second-order valence-corrected chi connectivity index (χ2v) is 7.42. The van der Waals surface area contributed by atoms with Gasteiger partial charge >= 0.3 is 0 Å². The van der Waals surface area contributed by atoms with Crippen LogP contribution >= 0.6 is 11.6 Å². The van der Waals surface area contributed by atoms with Crippen molar-refractivity contribution in [1.82, 2.24) is 15.4 Å². The molecule has 152 valence electrons. The van der Waals surface area contributed by atoms with E-state index in [9.17, 15) is 4.79 Å². The van der Waals surface area contributed by atoms with Crippen LogP contribution in [0.2, 0.25) is 5.02 Å². The monoisotopic (exact) mass is 406 g/mol. The van der Waals surface area contributed by atoms with Gasteiger partial charge in [-0.1, -0.05) is 16.8 Å². The zero-order valence-corrected chi connectivity index (χ0v) is 17.1. The Bertz CT molecular complexity index is 776. The first kappa shape index (κ1) is 20.6. The highest BCUT2D eigenvalue weighted by Gasteiger charge is 2.31. The lowest BCUT2D eigenvalue weighted by molar-refractivity contribution is 0.0675. The zero-order valence-electron chi connectivity index (χ0n) is 16.3. The number of piperidine rings is 1. The van der Waals surface area contributed by atoms with Crippen LogP contribution in [0.1, 0.15) is 23.2 Å². The predicted octanol–water partition coefficient (Wildman–Crippen LogP) is 3.12. The minimum absolute atomic E-state index is 0.0630. The number of hydrogen-bond acceptors (Lipinski definition) is 6. The maximum atomic E-state index is 13.4. The topological polar surface area (TPSA) is 79.6 Å². The number of methoxy groups -OCH3 is 1. The number of amides is 1. The molecule has 3 rings (SSSR count). The largest absolute Gasteiger partial charge is 0.383 e. The van der Waals surface area contributed by atoms with Gasteiger partial charge in [-0.05, 0) is 56.6 Å². The quantitative estimate of drug-likeness (QED) is 0.656. The highest BCUT2D eigenvalue weighted by molar-refractivity contribution is 6.30. The van der Waals surface area contributed by atoms with Crippen LogP contribution in [0.15, 0.2) is 28.8 Å². The van der Waals surface area contributed by atoms with E-state index in [1.807, 2.05) is 24.1 Å². The molecule has 1 aliphatic heterocycles. The first-order valence-electron chi connectivity index (χ1n) is 9.56. The average molecular weight is 407 g/mol. The lowest BCUT2D eigenvalue weighted by Crippen LogP contribution is -2.42. The summed E-state index contributed by atoms with van der Waals surface area (Å²) in [6.45, 7) is 3.40. The summed E-state index contributed by atoms with van der Waals surface area (Å²) in [5.41, 5.74) is 1.23. The Morgan fingerprint density at radius 1 is 1.39 bits per heavy atom. The van der Waals surface area contributed by atoms with Gasteiger partial charge in [-0.25, -0.2) is 0 Å². The van der Waals surface area contributed by atoms with Crippen LogP contribution in [0.4, 0.5) is 5.82 Å². The fourth-order valence-corrected chi connectivity index (χ4v) is 3.67. The maximum absolute atomic E-state index is 13.4. The Morgan fingerprint density at radius 2 is 2.18 bits per heavy atom. The highest BCUT2D eigenvalue weighted by Crippen LogP contribution is 2.32. The summed E-state index contributed by atoms with van der Waals surface area (Å²) in [6.07, 6.45) is 2.11. The molecule has 1 amide bonds. The number of carbonyl (C=O) groups excluding carboxylic acids is 1. The maximum Gasteiger partial charge on any atom is 0.261 e. The Labute approximate surface area is 170 Å². The van der Waals surface area contributed by atoms with Crippen molar-refractivity contribution in [3.05, 3.63) is 34.9 Å². The van der Waals surface area contributed by atoms with Gasteiger partial charge in [-0.2, -0.15) is 0 Å². The van der Waals surface area contributed by atoms with Crippen molar-refractivity contribution in [2.45, 2.75) is 12.8 Å². The smallest absolute Gasteiger partial charge is 0.261 e. The van der Waals surface area contributed by atoms with Crippen LogP contribution in [0, 0.1) is 5.92 Å². The predicted molar refractivity (Wildman–Crippen MR) is 110 cm³/mol. The van der Waals surface area contributed by atoms with Crippen LogP contribution in [-0.2, 0) is 4.74 Å². The van der Waals surface area contributed by atoms with Crippen LogP contribution in [0.25, 0.3) is 11.3 Å². The second kappa shape index (κ2) is 9.91. The number of aromatic nitrogens is 1. The van der Waals surface area contributed by atoms with Gasteiger partial charge in [0.1, 0.15) is 5.56 Å². The molecule has 2 heterocycles. The molecule has 1 aliphatic rings. The summed E-state index contributed by atoms with van der Waals surface area (Å²) >= 11 is 6.01. The number of ether oxygens (including phenoxy) is 1. The minimum Gasteiger partial charge on any atom is -0.383 e. The van der Waals surface area contributed by atoms with Crippen LogP contribution in [0.5, 0.6) is 0 Å². The Morgan fingerprint density at radius 3 is 2.89 bits per heavy atom. The number of hydrogen-bond donors (Lipinski definition) is 2. The summed E-state index contributed by atoms with van der Waals surface area (Å²) in [5.74, 6) is 1.29. The van der Waals surface area contributed by atoms with E-state index < -0.39 is 0 Å². The number of nitrogens with zero attached hydrogens (tertiary/aromatic N) is 2. The van der Waals surface area contributed by atoms with Gasteiger partial charge in [0.25, 0.3) is 5.91 Å². The van der Waals surface area contributed by atoms with E-state index in [0.29, 0.717) is 41.2 Å². The third kappa shape index (κ3) is 4.84. The summed E-state index contributed by atoms with van der Waals surface area (Å²) in [5, 5.41) is 11.1. The number of carbonyl (C=O) groups is 1. The van der Waals surface area contributed by atoms with E-state index in [-0.39, 0.29) is 5.91 Å². The summed E-state index contributed by atoms with van der Waals surface area (Å²) in [6, 6.07) is 7.21. The van der Waals surface area contributed by atoms with Gasteiger partial charge in [0.15, 0.2) is 11.6 Å². The third-order valence-electron chi connectivity index (χ3n) is 4.91. The molecule has 0 bridgehead atoms. The van der Waals surface area contributed by atoms with Crippen molar-refractivity contribution in [2.24, 2.45) is 5.92 Å². The molecule has 7 nitrogen and oxygen atoms in total. The number of likely N-dealkylation sites (tertiary alicyclic amines) is 1. The molecule has 0 saturated carbocycles. The summed E-state index contributed by atoms with van der Waals surface area (Å²) in [4.78, 5) is 15.3. The molecular formula is C20H27ClN4O3. The lowest BCUT2D eigenvalue weighted by atomic mass is 9.97. The van der Waals surface area contributed by atoms with Gasteiger partial charge in [0.05, 0.1) is 6.61 Å².